The zero-order chi connectivity index (χ0) is 14.8. The highest BCUT2D eigenvalue weighted by Crippen LogP contribution is 2.11. The molecule has 1 aliphatic heterocycles. The van der Waals surface area contributed by atoms with Gasteiger partial charge in [0.05, 0.1) is 19.5 Å². The molecule has 0 spiro atoms. The van der Waals surface area contributed by atoms with Crippen LogP contribution >= 0.6 is 0 Å². The fraction of sp³-hybridized carbons (Fsp3) is 0.800. The van der Waals surface area contributed by atoms with E-state index in [1.165, 1.54) is 4.90 Å². The lowest BCUT2D eigenvalue weighted by molar-refractivity contribution is -0.143. The molecule has 0 radical (unpaired) electrons. The topological polar surface area (TPSA) is 105 Å². The minimum absolute atomic E-state index is 0.0931. The molecule has 1 saturated heterocycles. The van der Waals surface area contributed by atoms with Crippen LogP contribution in [0.4, 0.5) is 4.79 Å². The summed E-state index contributed by atoms with van der Waals surface area (Å²) < 4.78 is 28.9. The Labute approximate surface area is 112 Å². The Bertz CT molecular complexity index is 468. The molecule has 0 aromatic heterocycles. The number of likely N-dealkylation sites (tertiary alicyclic amines) is 1. The highest BCUT2D eigenvalue weighted by atomic mass is 32.2. The number of carbonyl (C=O) groups is 2. The zero-order valence-electron chi connectivity index (χ0n) is 11.4. The first-order chi connectivity index (χ1) is 8.48. The number of rotatable bonds is 4. The smallest absolute Gasteiger partial charge is 0.408 e. The molecule has 1 rings (SSSR count). The first-order valence-corrected chi connectivity index (χ1v) is 7.60. The maximum atomic E-state index is 11.6. The first kappa shape index (κ1) is 15.7. The van der Waals surface area contributed by atoms with Crippen molar-refractivity contribution in [1.29, 1.82) is 0 Å². The number of carbonyl (C=O) groups excluding carboxylic acids is 2. The van der Waals surface area contributed by atoms with E-state index in [2.05, 4.69) is 10.0 Å². The number of hydrogen-bond donors (Lipinski definition) is 2. The summed E-state index contributed by atoms with van der Waals surface area (Å²) in [4.78, 5) is 24.3. The van der Waals surface area contributed by atoms with Crippen LogP contribution in [0.1, 0.15) is 20.8 Å². The molecule has 0 aromatic carbocycles. The SMILES string of the molecule is CC(C)(C)OC(=O)NC1CN(CNS(C)(=O)=O)C1=O. The number of nitrogens with one attached hydrogen (secondary N) is 2. The molecule has 2 N–H and O–H groups in total. The average molecular weight is 293 g/mol. The molecule has 1 heterocycles. The summed E-state index contributed by atoms with van der Waals surface area (Å²) in [5.74, 6) is -0.345. The highest BCUT2D eigenvalue weighted by molar-refractivity contribution is 7.88. The summed E-state index contributed by atoms with van der Waals surface area (Å²) in [6.07, 6.45) is 0.342. The quantitative estimate of drug-likeness (QED) is 0.662. The minimum Gasteiger partial charge on any atom is -0.444 e. The molecule has 110 valence electrons. The number of amides is 2. The van der Waals surface area contributed by atoms with Crippen molar-refractivity contribution >= 4 is 22.0 Å². The summed E-state index contributed by atoms with van der Waals surface area (Å²) in [6.45, 7) is 5.32. The molecular formula is C10H19N3O5S. The summed E-state index contributed by atoms with van der Waals surface area (Å²) in [5, 5.41) is 2.42. The van der Waals surface area contributed by atoms with E-state index in [9.17, 15) is 18.0 Å². The van der Waals surface area contributed by atoms with Crippen LogP contribution in [0, 0.1) is 0 Å². The Morgan fingerprint density at radius 3 is 2.47 bits per heavy atom. The van der Waals surface area contributed by atoms with Crippen molar-refractivity contribution in [2.24, 2.45) is 0 Å². The third-order valence-corrected chi connectivity index (χ3v) is 2.87. The molecule has 1 unspecified atom stereocenters. The maximum absolute atomic E-state index is 11.6. The van der Waals surface area contributed by atoms with Crippen LogP contribution in [0.5, 0.6) is 0 Å². The van der Waals surface area contributed by atoms with Gasteiger partial charge in [0.2, 0.25) is 15.9 Å². The van der Waals surface area contributed by atoms with Crippen molar-refractivity contribution in [2.45, 2.75) is 32.4 Å². The number of nitrogens with zero attached hydrogens (tertiary/aromatic N) is 1. The summed E-state index contributed by atoms with van der Waals surface area (Å²) >= 11 is 0. The van der Waals surface area contributed by atoms with Gasteiger partial charge < -0.3 is 15.0 Å². The van der Waals surface area contributed by atoms with Gasteiger partial charge in [-0.2, -0.15) is 4.72 Å². The molecule has 2 amide bonds. The monoisotopic (exact) mass is 293 g/mol. The van der Waals surface area contributed by atoms with E-state index in [-0.39, 0.29) is 19.1 Å². The lowest BCUT2D eigenvalue weighted by Gasteiger charge is -2.38. The van der Waals surface area contributed by atoms with Crippen LogP contribution in [-0.2, 0) is 19.6 Å². The third kappa shape index (κ3) is 5.43. The standard InChI is InChI=1S/C10H19N3O5S/c1-10(2,3)18-9(15)12-7-5-13(8(7)14)6-11-19(4,16)17/h7,11H,5-6H2,1-4H3,(H,12,15). The van der Waals surface area contributed by atoms with Crippen molar-refractivity contribution in [3.05, 3.63) is 0 Å². The van der Waals surface area contributed by atoms with Crippen LogP contribution in [0.15, 0.2) is 0 Å². The lowest BCUT2D eigenvalue weighted by Crippen LogP contribution is -2.65. The number of hydrogen-bond acceptors (Lipinski definition) is 5. The molecule has 1 aliphatic rings. The average Bonchev–Trinajstić information content (AvgIpc) is 2.17. The van der Waals surface area contributed by atoms with Gasteiger partial charge in [-0.05, 0) is 20.8 Å². The van der Waals surface area contributed by atoms with E-state index in [0.29, 0.717) is 0 Å². The first-order valence-electron chi connectivity index (χ1n) is 5.71. The second kappa shape index (κ2) is 5.33. The van der Waals surface area contributed by atoms with Gasteiger partial charge in [0.1, 0.15) is 11.6 Å². The number of alkyl carbamates (subject to hydrolysis) is 1. The van der Waals surface area contributed by atoms with Gasteiger partial charge in [-0.1, -0.05) is 0 Å². The molecular weight excluding hydrogens is 274 g/mol. The molecule has 19 heavy (non-hydrogen) atoms. The van der Waals surface area contributed by atoms with E-state index >= 15 is 0 Å². The number of ether oxygens (including phenoxy) is 1. The molecule has 8 nitrogen and oxygen atoms in total. The fourth-order valence-corrected chi connectivity index (χ4v) is 1.78. The maximum Gasteiger partial charge on any atom is 0.408 e. The van der Waals surface area contributed by atoms with Gasteiger partial charge in [-0.15, -0.1) is 0 Å². The van der Waals surface area contributed by atoms with Gasteiger partial charge >= 0.3 is 6.09 Å². The van der Waals surface area contributed by atoms with Crippen molar-refractivity contribution < 1.29 is 22.7 Å². The predicted molar refractivity (Wildman–Crippen MR) is 67.7 cm³/mol. The fourth-order valence-electron chi connectivity index (χ4n) is 1.39. The Morgan fingerprint density at radius 2 is 2.05 bits per heavy atom. The van der Waals surface area contributed by atoms with Crippen LogP contribution in [0.2, 0.25) is 0 Å². The zero-order valence-corrected chi connectivity index (χ0v) is 12.2. The van der Waals surface area contributed by atoms with E-state index < -0.39 is 27.8 Å². The largest absolute Gasteiger partial charge is 0.444 e. The number of β-lactam (4-membered cyclic amide) rings is 1. The van der Waals surface area contributed by atoms with Gasteiger partial charge in [0, 0.05) is 0 Å². The Kier molecular flexibility index (Phi) is 4.41. The molecule has 1 atom stereocenters. The predicted octanol–water partition coefficient (Wildman–Crippen LogP) is -0.771. The van der Waals surface area contributed by atoms with Crippen LogP contribution < -0.4 is 10.0 Å². The molecule has 0 aliphatic carbocycles. The van der Waals surface area contributed by atoms with Crippen molar-refractivity contribution in [3.8, 4) is 0 Å². The van der Waals surface area contributed by atoms with E-state index in [1.54, 1.807) is 20.8 Å². The van der Waals surface area contributed by atoms with Crippen molar-refractivity contribution in [2.75, 3.05) is 19.5 Å². The summed E-state index contributed by atoms with van der Waals surface area (Å²) in [6, 6.07) is -0.656. The second-order valence-electron chi connectivity index (χ2n) is 5.33. The van der Waals surface area contributed by atoms with Gasteiger partial charge in [-0.25, -0.2) is 13.2 Å². The van der Waals surface area contributed by atoms with Gasteiger partial charge in [-0.3, -0.25) is 4.79 Å². The van der Waals surface area contributed by atoms with E-state index in [1.807, 2.05) is 0 Å². The Balaban J connectivity index is 2.34. The molecule has 0 aromatic rings. The molecule has 1 fully saturated rings. The normalized spacial score (nSPS) is 19.9. The van der Waals surface area contributed by atoms with Crippen molar-refractivity contribution in [1.82, 2.24) is 14.9 Å². The molecule has 9 heteroatoms. The third-order valence-electron chi connectivity index (χ3n) is 2.22. The highest BCUT2D eigenvalue weighted by Gasteiger charge is 2.38. The molecule has 0 bridgehead atoms. The van der Waals surface area contributed by atoms with Crippen LogP contribution in [-0.4, -0.2) is 56.4 Å². The Hall–Kier alpha value is -1.35. The van der Waals surface area contributed by atoms with Crippen LogP contribution in [0.3, 0.4) is 0 Å². The van der Waals surface area contributed by atoms with E-state index in [4.69, 9.17) is 4.74 Å². The van der Waals surface area contributed by atoms with Gasteiger partial charge in [0.15, 0.2) is 0 Å². The van der Waals surface area contributed by atoms with Crippen LogP contribution in [0.25, 0.3) is 0 Å². The summed E-state index contributed by atoms with van der Waals surface area (Å²) in [5.41, 5.74) is -0.631. The van der Waals surface area contributed by atoms with Gasteiger partial charge in [0.25, 0.3) is 0 Å². The molecule has 0 saturated carbocycles. The van der Waals surface area contributed by atoms with Crippen molar-refractivity contribution in [3.63, 3.8) is 0 Å². The minimum atomic E-state index is -3.34. The van der Waals surface area contributed by atoms with E-state index in [0.717, 1.165) is 6.26 Å². The second-order valence-corrected chi connectivity index (χ2v) is 7.17. The lowest BCUT2D eigenvalue weighted by atomic mass is 10.1. The Morgan fingerprint density at radius 1 is 1.47 bits per heavy atom. The number of sulfonamides is 1. The summed E-state index contributed by atoms with van der Waals surface area (Å²) in [7, 11) is -3.34.